The molecule has 0 saturated carbocycles. The van der Waals surface area contributed by atoms with E-state index in [1.54, 1.807) is 0 Å². The van der Waals surface area contributed by atoms with Crippen LogP contribution in [0.5, 0.6) is 0 Å². The van der Waals surface area contributed by atoms with Crippen molar-refractivity contribution in [2.24, 2.45) is 0 Å². The summed E-state index contributed by atoms with van der Waals surface area (Å²) in [7, 11) is 0. The lowest BCUT2D eigenvalue weighted by Crippen LogP contribution is -3.10. The van der Waals surface area contributed by atoms with E-state index in [4.69, 9.17) is 11.6 Å². The molecule has 1 atom stereocenters. The third-order valence-corrected chi connectivity index (χ3v) is 5.83. The summed E-state index contributed by atoms with van der Waals surface area (Å²) in [6.45, 7) is 6.74. The van der Waals surface area contributed by atoms with Crippen LogP contribution in [0.25, 0.3) is 10.9 Å². The summed E-state index contributed by atoms with van der Waals surface area (Å²) in [5, 5.41) is 1.42. The Morgan fingerprint density at radius 1 is 1.12 bits per heavy atom. The fraction of sp³-hybridized carbons (Fsp3) is 0.286. The summed E-state index contributed by atoms with van der Waals surface area (Å²) in [4.78, 5) is 17.9. The predicted octanol–water partition coefficient (Wildman–Crippen LogP) is 2.94. The molecule has 0 bridgehead atoms. The molecule has 2 N–H and O–H groups in total. The second-order valence-corrected chi connectivity index (χ2v) is 7.43. The lowest BCUT2D eigenvalue weighted by atomic mass is 9.99. The first kappa shape index (κ1) is 16.4. The SMILES string of the molecule is Cc1[nH]c2c(C)c(Cl)ccc2c(=O)c1C[NH+]1CCc2ccccc2C1. The lowest BCUT2D eigenvalue weighted by molar-refractivity contribution is -0.929. The first-order valence-corrected chi connectivity index (χ1v) is 9.13. The number of hydrogen-bond acceptors (Lipinski definition) is 1. The average Bonchev–Trinajstić information content (AvgIpc) is 2.62. The van der Waals surface area contributed by atoms with Crippen LogP contribution in [0.15, 0.2) is 41.2 Å². The van der Waals surface area contributed by atoms with Gasteiger partial charge in [0.2, 0.25) is 0 Å². The van der Waals surface area contributed by atoms with E-state index in [1.165, 1.54) is 16.0 Å². The molecule has 0 aliphatic carbocycles. The number of aromatic nitrogens is 1. The second-order valence-electron chi connectivity index (χ2n) is 7.02. The van der Waals surface area contributed by atoms with Crippen LogP contribution in [0.3, 0.4) is 0 Å². The monoisotopic (exact) mass is 353 g/mol. The van der Waals surface area contributed by atoms with Crippen LogP contribution in [0.1, 0.15) is 27.9 Å². The molecule has 0 fully saturated rings. The maximum Gasteiger partial charge on any atom is 0.198 e. The third kappa shape index (κ3) is 2.88. The zero-order chi connectivity index (χ0) is 17.6. The van der Waals surface area contributed by atoms with E-state index in [0.29, 0.717) is 5.02 Å². The van der Waals surface area contributed by atoms with Crippen LogP contribution >= 0.6 is 11.6 Å². The van der Waals surface area contributed by atoms with Gasteiger partial charge in [-0.25, -0.2) is 0 Å². The highest BCUT2D eigenvalue weighted by molar-refractivity contribution is 6.32. The van der Waals surface area contributed by atoms with Crippen molar-refractivity contribution >= 4 is 22.5 Å². The van der Waals surface area contributed by atoms with Crippen LogP contribution in [-0.4, -0.2) is 11.5 Å². The Morgan fingerprint density at radius 2 is 1.88 bits per heavy atom. The molecular formula is C21H22ClN2O+. The maximum absolute atomic E-state index is 13.1. The number of H-pyrrole nitrogens is 1. The minimum absolute atomic E-state index is 0.136. The Labute approximate surface area is 152 Å². The largest absolute Gasteiger partial charge is 0.358 e. The number of hydrogen-bond donors (Lipinski definition) is 2. The van der Waals surface area contributed by atoms with Crippen molar-refractivity contribution in [1.82, 2.24) is 4.98 Å². The number of benzene rings is 2. The highest BCUT2D eigenvalue weighted by Crippen LogP contribution is 2.23. The van der Waals surface area contributed by atoms with Gasteiger partial charge in [0.25, 0.3) is 0 Å². The zero-order valence-electron chi connectivity index (χ0n) is 14.6. The van der Waals surface area contributed by atoms with Crippen LogP contribution in [0, 0.1) is 13.8 Å². The van der Waals surface area contributed by atoms with E-state index in [0.717, 1.165) is 53.8 Å². The first-order chi connectivity index (χ1) is 12.0. The van der Waals surface area contributed by atoms with Crippen molar-refractivity contribution in [3.63, 3.8) is 0 Å². The molecule has 1 aliphatic heterocycles. The number of rotatable bonds is 2. The van der Waals surface area contributed by atoms with E-state index in [2.05, 4.69) is 29.2 Å². The van der Waals surface area contributed by atoms with Crippen molar-refractivity contribution in [3.8, 4) is 0 Å². The van der Waals surface area contributed by atoms with Crippen LogP contribution < -0.4 is 10.3 Å². The number of aryl methyl sites for hydroxylation is 2. The fourth-order valence-electron chi connectivity index (χ4n) is 3.89. The molecule has 1 aliphatic rings. The highest BCUT2D eigenvalue weighted by Gasteiger charge is 2.22. The number of fused-ring (bicyclic) bond motifs is 2. The molecule has 0 radical (unpaired) electrons. The van der Waals surface area contributed by atoms with Crippen molar-refractivity contribution in [1.29, 1.82) is 0 Å². The summed E-state index contributed by atoms with van der Waals surface area (Å²) in [5.74, 6) is 0. The number of aromatic amines is 1. The van der Waals surface area contributed by atoms with E-state index in [9.17, 15) is 4.79 Å². The Kier molecular flexibility index (Phi) is 4.14. The van der Waals surface area contributed by atoms with Crippen LogP contribution in [0.2, 0.25) is 5.02 Å². The first-order valence-electron chi connectivity index (χ1n) is 8.75. The fourth-order valence-corrected chi connectivity index (χ4v) is 4.05. The molecule has 25 heavy (non-hydrogen) atoms. The third-order valence-electron chi connectivity index (χ3n) is 5.42. The number of pyridine rings is 1. The number of quaternary nitrogens is 1. The standard InChI is InChI=1S/C21H21ClN2O/c1-13-19(22)8-7-17-20(13)23-14(2)18(21(17)25)12-24-10-9-15-5-3-4-6-16(15)11-24/h3-8H,9-12H2,1-2H3,(H,23,25)/p+1. The molecule has 128 valence electrons. The smallest absolute Gasteiger partial charge is 0.198 e. The van der Waals surface area contributed by atoms with Gasteiger partial charge < -0.3 is 9.88 Å². The molecular weight excluding hydrogens is 332 g/mol. The van der Waals surface area contributed by atoms with E-state index in [-0.39, 0.29) is 5.43 Å². The molecule has 3 nitrogen and oxygen atoms in total. The van der Waals surface area contributed by atoms with Gasteiger partial charge in [-0.3, -0.25) is 4.79 Å². The highest BCUT2D eigenvalue weighted by atomic mass is 35.5. The van der Waals surface area contributed by atoms with Gasteiger partial charge in [-0.15, -0.1) is 0 Å². The number of nitrogens with one attached hydrogen (secondary N) is 2. The molecule has 4 rings (SSSR count). The summed E-state index contributed by atoms with van der Waals surface area (Å²) in [6.07, 6.45) is 1.07. The van der Waals surface area contributed by atoms with Gasteiger partial charge in [0.15, 0.2) is 5.43 Å². The van der Waals surface area contributed by atoms with E-state index >= 15 is 0 Å². The molecule has 0 spiro atoms. The number of halogens is 1. The molecule has 2 heterocycles. The Hall–Kier alpha value is -2.10. The van der Waals surface area contributed by atoms with Gasteiger partial charge in [0, 0.05) is 28.1 Å². The summed E-state index contributed by atoms with van der Waals surface area (Å²) in [5.41, 5.74) is 6.63. The molecule has 0 amide bonds. The maximum atomic E-state index is 13.1. The normalized spacial score (nSPS) is 16.8. The molecule has 1 aromatic heterocycles. The Balaban J connectivity index is 1.71. The van der Waals surface area contributed by atoms with E-state index in [1.807, 2.05) is 26.0 Å². The molecule has 3 aromatic rings. The van der Waals surface area contributed by atoms with Crippen molar-refractivity contribution in [2.75, 3.05) is 6.54 Å². The molecule has 4 heteroatoms. The van der Waals surface area contributed by atoms with Crippen molar-refractivity contribution in [3.05, 3.63) is 79.6 Å². The zero-order valence-corrected chi connectivity index (χ0v) is 15.3. The molecule has 0 saturated heterocycles. The lowest BCUT2D eigenvalue weighted by Gasteiger charge is -2.26. The summed E-state index contributed by atoms with van der Waals surface area (Å²) in [6, 6.07) is 12.3. The van der Waals surface area contributed by atoms with Gasteiger partial charge in [0.05, 0.1) is 17.6 Å². The van der Waals surface area contributed by atoms with Gasteiger partial charge in [-0.2, -0.15) is 0 Å². The quantitative estimate of drug-likeness (QED) is 0.730. The molecule has 1 unspecified atom stereocenters. The topological polar surface area (TPSA) is 37.3 Å². The second kappa shape index (κ2) is 6.32. The van der Waals surface area contributed by atoms with Gasteiger partial charge >= 0.3 is 0 Å². The van der Waals surface area contributed by atoms with Crippen LogP contribution in [-0.2, 0) is 19.5 Å². The van der Waals surface area contributed by atoms with Gasteiger partial charge in [0.1, 0.15) is 13.1 Å². The minimum atomic E-state index is 0.136. The van der Waals surface area contributed by atoms with Crippen LogP contribution in [0.4, 0.5) is 0 Å². The summed E-state index contributed by atoms with van der Waals surface area (Å²) < 4.78 is 0. The Morgan fingerprint density at radius 3 is 2.68 bits per heavy atom. The predicted molar refractivity (Wildman–Crippen MR) is 102 cm³/mol. The average molecular weight is 354 g/mol. The molecule has 2 aromatic carbocycles. The Bertz CT molecular complexity index is 1020. The van der Waals surface area contributed by atoms with E-state index < -0.39 is 0 Å². The van der Waals surface area contributed by atoms with Crippen molar-refractivity contribution in [2.45, 2.75) is 33.4 Å². The van der Waals surface area contributed by atoms with Crippen molar-refractivity contribution < 1.29 is 4.90 Å². The van der Waals surface area contributed by atoms with Gasteiger partial charge in [-0.05, 0) is 37.1 Å². The van der Waals surface area contributed by atoms with Gasteiger partial charge in [-0.1, -0.05) is 35.9 Å². The minimum Gasteiger partial charge on any atom is -0.358 e. The summed E-state index contributed by atoms with van der Waals surface area (Å²) >= 11 is 6.21.